The van der Waals surface area contributed by atoms with E-state index in [4.69, 9.17) is 9.47 Å². The molecule has 5 nitrogen and oxygen atoms in total. The van der Waals surface area contributed by atoms with Crippen molar-refractivity contribution >= 4 is 9.84 Å². The Balaban J connectivity index is 2.72. The Bertz CT molecular complexity index is 543. The van der Waals surface area contributed by atoms with E-state index in [1.165, 1.54) is 7.11 Å². The Labute approximate surface area is 120 Å². The molecule has 114 valence electrons. The first kappa shape index (κ1) is 16.8. The second-order valence-corrected chi connectivity index (χ2v) is 8.27. The zero-order valence-electron chi connectivity index (χ0n) is 12.3. The molecule has 0 unspecified atom stereocenters. The van der Waals surface area contributed by atoms with E-state index in [1.807, 2.05) is 0 Å². The SMILES string of the molecule is COc1ccc(OCCS(=O)(=O)C(C)(C)C)c(CO)c1. The quantitative estimate of drug-likeness (QED) is 0.867. The highest BCUT2D eigenvalue weighted by molar-refractivity contribution is 7.92. The molecule has 0 aliphatic carbocycles. The third-order valence-corrected chi connectivity index (χ3v) is 5.55. The molecule has 0 heterocycles. The minimum absolute atomic E-state index is 0.0545. The highest BCUT2D eigenvalue weighted by atomic mass is 32.2. The number of benzene rings is 1. The van der Waals surface area contributed by atoms with Gasteiger partial charge in [0.1, 0.15) is 18.1 Å². The van der Waals surface area contributed by atoms with Gasteiger partial charge in [-0.15, -0.1) is 0 Å². The van der Waals surface area contributed by atoms with E-state index >= 15 is 0 Å². The molecule has 0 amide bonds. The maximum atomic E-state index is 11.9. The lowest BCUT2D eigenvalue weighted by Gasteiger charge is -2.19. The summed E-state index contributed by atoms with van der Waals surface area (Å²) in [5, 5.41) is 9.27. The molecular weight excluding hydrogens is 280 g/mol. The molecule has 0 aromatic heterocycles. The lowest BCUT2D eigenvalue weighted by atomic mass is 10.2. The van der Waals surface area contributed by atoms with Gasteiger partial charge in [0, 0.05) is 5.56 Å². The molecule has 6 heteroatoms. The second kappa shape index (κ2) is 6.45. The van der Waals surface area contributed by atoms with E-state index in [0.29, 0.717) is 17.1 Å². The normalized spacial score (nSPS) is 12.2. The number of hydrogen-bond acceptors (Lipinski definition) is 5. The third-order valence-electron chi connectivity index (χ3n) is 2.98. The van der Waals surface area contributed by atoms with Crippen LogP contribution >= 0.6 is 0 Å². The van der Waals surface area contributed by atoms with E-state index in [1.54, 1.807) is 39.0 Å². The highest BCUT2D eigenvalue weighted by Gasteiger charge is 2.28. The largest absolute Gasteiger partial charge is 0.497 e. The third kappa shape index (κ3) is 4.11. The van der Waals surface area contributed by atoms with Crippen LogP contribution in [-0.4, -0.2) is 37.7 Å². The van der Waals surface area contributed by atoms with Gasteiger partial charge in [-0.1, -0.05) is 0 Å². The summed E-state index contributed by atoms with van der Waals surface area (Å²) in [5.41, 5.74) is 0.567. The van der Waals surface area contributed by atoms with Gasteiger partial charge >= 0.3 is 0 Å². The number of ether oxygens (including phenoxy) is 2. The van der Waals surface area contributed by atoms with Crippen LogP contribution in [0, 0.1) is 0 Å². The van der Waals surface area contributed by atoms with Gasteiger partial charge in [0.05, 0.1) is 24.2 Å². The van der Waals surface area contributed by atoms with Crippen molar-refractivity contribution in [3.05, 3.63) is 23.8 Å². The van der Waals surface area contributed by atoms with Crippen molar-refractivity contribution in [2.75, 3.05) is 19.5 Å². The van der Waals surface area contributed by atoms with Crippen molar-refractivity contribution in [3.63, 3.8) is 0 Å². The molecular formula is C14H22O5S. The van der Waals surface area contributed by atoms with Gasteiger partial charge in [-0.2, -0.15) is 0 Å². The van der Waals surface area contributed by atoms with E-state index in [9.17, 15) is 13.5 Å². The van der Waals surface area contributed by atoms with Crippen molar-refractivity contribution in [2.24, 2.45) is 0 Å². The number of sulfone groups is 1. The number of aliphatic hydroxyl groups excluding tert-OH is 1. The number of rotatable bonds is 6. The smallest absolute Gasteiger partial charge is 0.158 e. The van der Waals surface area contributed by atoms with Gasteiger partial charge in [-0.05, 0) is 39.0 Å². The molecule has 0 saturated carbocycles. The predicted molar refractivity (Wildman–Crippen MR) is 78.0 cm³/mol. The fraction of sp³-hybridized carbons (Fsp3) is 0.571. The molecule has 1 rings (SSSR count). The summed E-state index contributed by atoms with van der Waals surface area (Å²) in [5.74, 6) is 1.02. The minimum atomic E-state index is -3.21. The summed E-state index contributed by atoms with van der Waals surface area (Å²) in [6.45, 7) is 4.84. The molecule has 1 aromatic carbocycles. The predicted octanol–water partition coefficient (Wildman–Crippen LogP) is 1.78. The minimum Gasteiger partial charge on any atom is -0.497 e. The highest BCUT2D eigenvalue weighted by Crippen LogP contribution is 2.24. The van der Waals surface area contributed by atoms with Crippen molar-refractivity contribution in [1.82, 2.24) is 0 Å². The second-order valence-electron chi connectivity index (χ2n) is 5.41. The van der Waals surface area contributed by atoms with Gasteiger partial charge in [-0.25, -0.2) is 8.42 Å². The van der Waals surface area contributed by atoms with Crippen LogP contribution in [-0.2, 0) is 16.4 Å². The zero-order valence-corrected chi connectivity index (χ0v) is 13.2. The molecule has 0 spiro atoms. The van der Waals surface area contributed by atoms with E-state index in [2.05, 4.69) is 0 Å². The monoisotopic (exact) mass is 302 g/mol. The van der Waals surface area contributed by atoms with Crippen LogP contribution in [0.3, 0.4) is 0 Å². The van der Waals surface area contributed by atoms with Crippen molar-refractivity contribution < 1.29 is 23.0 Å². The maximum absolute atomic E-state index is 11.9. The summed E-state index contributed by atoms with van der Waals surface area (Å²) >= 11 is 0. The Hall–Kier alpha value is -1.27. The van der Waals surface area contributed by atoms with Gasteiger partial charge in [-0.3, -0.25) is 0 Å². The summed E-state index contributed by atoms with van der Waals surface area (Å²) in [4.78, 5) is 0. The molecule has 0 atom stereocenters. The van der Waals surface area contributed by atoms with Gasteiger partial charge < -0.3 is 14.6 Å². The standard InChI is InChI=1S/C14H22O5S/c1-14(2,3)20(16,17)8-7-19-13-6-5-12(18-4)9-11(13)10-15/h5-6,9,15H,7-8,10H2,1-4H3. The van der Waals surface area contributed by atoms with E-state index < -0.39 is 14.6 Å². The van der Waals surface area contributed by atoms with Crippen LogP contribution in [0.4, 0.5) is 0 Å². The first-order valence-corrected chi connectivity index (χ1v) is 7.99. The van der Waals surface area contributed by atoms with Crippen LogP contribution in [0.25, 0.3) is 0 Å². The molecule has 0 fully saturated rings. The molecule has 1 aromatic rings. The van der Waals surface area contributed by atoms with Gasteiger partial charge in [0.2, 0.25) is 0 Å². The number of aliphatic hydroxyl groups is 1. The lowest BCUT2D eigenvalue weighted by Crippen LogP contribution is -2.32. The average molecular weight is 302 g/mol. The van der Waals surface area contributed by atoms with E-state index in [-0.39, 0.29) is 19.0 Å². The first-order valence-electron chi connectivity index (χ1n) is 6.34. The maximum Gasteiger partial charge on any atom is 0.158 e. The van der Waals surface area contributed by atoms with Crippen molar-refractivity contribution in [1.29, 1.82) is 0 Å². The van der Waals surface area contributed by atoms with Crippen molar-refractivity contribution in [3.8, 4) is 11.5 Å². The Morgan fingerprint density at radius 2 is 1.90 bits per heavy atom. The van der Waals surface area contributed by atoms with Gasteiger partial charge in [0.15, 0.2) is 9.84 Å². The Morgan fingerprint density at radius 3 is 2.40 bits per heavy atom. The molecule has 0 bridgehead atoms. The average Bonchev–Trinajstić information content (AvgIpc) is 2.37. The summed E-state index contributed by atoms with van der Waals surface area (Å²) < 4.78 is 33.6. The molecule has 0 saturated heterocycles. The van der Waals surface area contributed by atoms with Crippen LogP contribution in [0.1, 0.15) is 26.3 Å². The Morgan fingerprint density at radius 1 is 1.25 bits per heavy atom. The number of methoxy groups -OCH3 is 1. The molecule has 0 radical (unpaired) electrons. The Kier molecular flexibility index (Phi) is 5.42. The number of hydrogen-bond donors (Lipinski definition) is 1. The zero-order chi connectivity index (χ0) is 15.4. The lowest BCUT2D eigenvalue weighted by molar-refractivity contribution is 0.266. The first-order chi connectivity index (χ1) is 9.21. The summed E-state index contributed by atoms with van der Waals surface area (Å²) in [6, 6.07) is 5.02. The fourth-order valence-electron chi connectivity index (χ4n) is 1.51. The summed E-state index contributed by atoms with van der Waals surface area (Å²) in [6.07, 6.45) is 0. The van der Waals surface area contributed by atoms with Crippen molar-refractivity contribution in [2.45, 2.75) is 32.1 Å². The topological polar surface area (TPSA) is 72.8 Å². The fourth-order valence-corrected chi connectivity index (χ4v) is 2.43. The molecule has 20 heavy (non-hydrogen) atoms. The van der Waals surface area contributed by atoms with Crippen LogP contribution in [0.5, 0.6) is 11.5 Å². The summed E-state index contributed by atoms with van der Waals surface area (Å²) in [7, 11) is -1.68. The molecule has 1 N–H and O–H groups in total. The van der Waals surface area contributed by atoms with E-state index in [0.717, 1.165) is 0 Å². The van der Waals surface area contributed by atoms with Crippen LogP contribution < -0.4 is 9.47 Å². The van der Waals surface area contributed by atoms with Crippen LogP contribution in [0.2, 0.25) is 0 Å². The van der Waals surface area contributed by atoms with Crippen LogP contribution in [0.15, 0.2) is 18.2 Å². The van der Waals surface area contributed by atoms with Gasteiger partial charge in [0.25, 0.3) is 0 Å². The molecule has 0 aliphatic rings. The molecule has 0 aliphatic heterocycles.